The van der Waals surface area contributed by atoms with Crippen LogP contribution in [0, 0.1) is 0 Å². The van der Waals surface area contributed by atoms with Crippen molar-refractivity contribution in [1.29, 1.82) is 0 Å². The molecule has 0 saturated carbocycles. The van der Waals surface area contributed by atoms with Gasteiger partial charge >= 0.3 is 0 Å². The average molecular weight is 698 g/mol. The molecule has 0 N–H and O–H groups in total. The quantitative estimate of drug-likeness (QED) is 0.173. The van der Waals surface area contributed by atoms with E-state index in [4.69, 9.17) is 0 Å². The Kier molecular flexibility index (Phi) is 6.57. The number of benzene rings is 8. The molecular formula is C49H31NS2. The lowest BCUT2D eigenvalue weighted by atomic mass is 9.67. The van der Waals surface area contributed by atoms with E-state index in [2.05, 4.69) is 193 Å². The van der Waals surface area contributed by atoms with Crippen LogP contribution >= 0.6 is 22.7 Å². The first kappa shape index (κ1) is 29.7. The Hall–Kier alpha value is -6.00. The third-order valence-corrected chi connectivity index (χ3v) is 13.3. The van der Waals surface area contributed by atoms with Gasteiger partial charge in [-0.3, -0.25) is 0 Å². The molecule has 10 aromatic rings. The lowest BCUT2D eigenvalue weighted by Gasteiger charge is -2.34. The standard InChI is InChI=1S/C49H31NS2/c1-3-15-32(16-4-1)49(40-23-10-7-19-35(40)36-20-8-11-24-41(36)49)42-25-13-22-38-37-30-29-34(31-46(37)52-48(38)42)50(33-17-5-2-6-18-33)43-26-14-28-45-47(43)39-21-9-12-27-44(39)51-45/h1-31H. The number of fused-ring (bicyclic) bond motifs is 9. The van der Waals surface area contributed by atoms with E-state index in [1.54, 1.807) is 0 Å². The number of para-hydroxylation sites is 1. The lowest BCUT2D eigenvalue weighted by molar-refractivity contribution is 0.778. The lowest BCUT2D eigenvalue weighted by Crippen LogP contribution is -2.28. The van der Waals surface area contributed by atoms with Gasteiger partial charge in [-0.2, -0.15) is 0 Å². The summed E-state index contributed by atoms with van der Waals surface area (Å²) in [4.78, 5) is 2.45. The van der Waals surface area contributed by atoms with Crippen LogP contribution in [0.5, 0.6) is 0 Å². The normalized spacial score (nSPS) is 13.2. The van der Waals surface area contributed by atoms with Crippen LogP contribution < -0.4 is 4.90 Å². The van der Waals surface area contributed by atoms with Crippen molar-refractivity contribution in [2.45, 2.75) is 5.41 Å². The molecule has 0 aliphatic heterocycles. The van der Waals surface area contributed by atoms with Gasteiger partial charge in [-0.1, -0.05) is 146 Å². The molecule has 52 heavy (non-hydrogen) atoms. The molecule has 0 bridgehead atoms. The van der Waals surface area contributed by atoms with Gasteiger partial charge in [0.25, 0.3) is 0 Å². The fourth-order valence-corrected chi connectivity index (χ4v) is 11.3. The van der Waals surface area contributed by atoms with Crippen molar-refractivity contribution in [3.05, 3.63) is 210 Å². The second-order valence-corrected chi connectivity index (χ2v) is 15.7. The third-order valence-electron chi connectivity index (χ3n) is 10.9. The molecule has 0 unspecified atom stereocenters. The summed E-state index contributed by atoms with van der Waals surface area (Å²) in [7, 11) is 0. The minimum absolute atomic E-state index is 0.441. The Labute approximate surface area is 310 Å². The van der Waals surface area contributed by atoms with Gasteiger partial charge in [-0.15, -0.1) is 22.7 Å². The molecule has 244 valence electrons. The van der Waals surface area contributed by atoms with E-state index in [-0.39, 0.29) is 0 Å². The number of nitrogens with zero attached hydrogens (tertiary/aromatic N) is 1. The zero-order valence-corrected chi connectivity index (χ0v) is 29.8. The highest BCUT2D eigenvalue weighted by Gasteiger charge is 2.47. The van der Waals surface area contributed by atoms with Crippen LogP contribution in [0.4, 0.5) is 17.1 Å². The van der Waals surface area contributed by atoms with E-state index in [1.165, 1.54) is 79.4 Å². The average Bonchev–Trinajstić information content (AvgIpc) is 3.87. The van der Waals surface area contributed by atoms with Crippen molar-refractivity contribution in [2.24, 2.45) is 0 Å². The largest absolute Gasteiger partial charge is 0.310 e. The summed E-state index contributed by atoms with van der Waals surface area (Å²) in [5.41, 5.74) is 11.0. The van der Waals surface area contributed by atoms with Gasteiger partial charge in [-0.05, 0) is 75.8 Å². The fraction of sp³-hybridized carbons (Fsp3) is 0.0204. The highest BCUT2D eigenvalue weighted by atomic mass is 32.1. The Morgan fingerprint density at radius 3 is 1.79 bits per heavy atom. The molecule has 0 saturated heterocycles. The van der Waals surface area contributed by atoms with E-state index in [0.29, 0.717) is 0 Å². The maximum Gasteiger partial charge on any atom is 0.0727 e. The number of rotatable bonds is 5. The Bertz CT molecular complexity index is 2930. The number of hydrogen-bond donors (Lipinski definition) is 0. The molecule has 2 aromatic heterocycles. The van der Waals surface area contributed by atoms with Crippen LogP contribution in [0.25, 0.3) is 51.5 Å². The van der Waals surface area contributed by atoms with E-state index in [1.807, 2.05) is 22.7 Å². The molecule has 1 aliphatic carbocycles. The van der Waals surface area contributed by atoms with E-state index in [0.717, 1.165) is 11.4 Å². The monoisotopic (exact) mass is 697 g/mol. The van der Waals surface area contributed by atoms with Crippen LogP contribution in [0.3, 0.4) is 0 Å². The second kappa shape index (κ2) is 11.5. The first-order valence-electron chi connectivity index (χ1n) is 17.8. The fourth-order valence-electron chi connectivity index (χ4n) is 8.85. The first-order valence-corrected chi connectivity index (χ1v) is 19.4. The van der Waals surface area contributed by atoms with Crippen LogP contribution in [0.1, 0.15) is 22.3 Å². The van der Waals surface area contributed by atoms with Crippen molar-refractivity contribution < 1.29 is 0 Å². The third kappa shape index (κ3) is 4.15. The van der Waals surface area contributed by atoms with Crippen LogP contribution in [-0.4, -0.2) is 0 Å². The second-order valence-electron chi connectivity index (χ2n) is 13.6. The molecule has 2 heterocycles. The predicted molar refractivity (Wildman–Crippen MR) is 224 cm³/mol. The minimum atomic E-state index is -0.441. The van der Waals surface area contributed by atoms with E-state index >= 15 is 0 Å². The van der Waals surface area contributed by atoms with Gasteiger partial charge in [0, 0.05) is 51.7 Å². The Balaban J connectivity index is 1.18. The smallest absolute Gasteiger partial charge is 0.0727 e. The molecule has 0 amide bonds. The van der Waals surface area contributed by atoms with Crippen molar-refractivity contribution in [1.82, 2.24) is 0 Å². The highest BCUT2D eigenvalue weighted by molar-refractivity contribution is 7.26. The van der Waals surface area contributed by atoms with E-state index in [9.17, 15) is 0 Å². The minimum Gasteiger partial charge on any atom is -0.310 e. The zero-order chi connectivity index (χ0) is 34.2. The van der Waals surface area contributed by atoms with Gasteiger partial charge in [0.15, 0.2) is 0 Å². The molecule has 11 rings (SSSR count). The molecular weight excluding hydrogens is 667 g/mol. The molecule has 1 aliphatic rings. The molecule has 0 fully saturated rings. The number of anilines is 3. The Morgan fingerprint density at radius 1 is 0.385 bits per heavy atom. The molecule has 0 radical (unpaired) electrons. The topological polar surface area (TPSA) is 3.24 Å². The zero-order valence-electron chi connectivity index (χ0n) is 28.2. The molecule has 1 nitrogen and oxygen atoms in total. The first-order chi connectivity index (χ1) is 25.8. The molecule has 0 spiro atoms. The summed E-state index contributed by atoms with van der Waals surface area (Å²) in [6.07, 6.45) is 0. The van der Waals surface area contributed by atoms with E-state index < -0.39 is 5.41 Å². The maximum absolute atomic E-state index is 2.45. The van der Waals surface area contributed by atoms with Crippen LogP contribution in [0.2, 0.25) is 0 Å². The number of hydrogen-bond acceptors (Lipinski definition) is 3. The Morgan fingerprint density at radius 2 is 1.00 bits per heavy atom. The van der Waals surface area contributed by atoms with Gasteiger partial charge in [0.1, 0.15) is 0 Å². The van der Waals surface area contributed by atoms with Crippen molar-refractivity contribution >= 4 is 80.1 Å². The predicted octanol–water partition coefficient (Wildman–Crippen LogP) is 14.3. The van der Waals surface area contributed by atoms with Crippen molar-refractivity contribution in [3.8, 4) is 11.1 Å². The maximum atomic E-state index is 2.45. The molecule has 3 heteroatoms. The summed E-state index contributed by atoms with van der Waals surface area (Å²) in [6.45, 7) is 0. The summed E-state index contributed by atoms with van der Waals surface area (Å²) < 4.78 is 5.23. The van der Waals surface area contributed by atoms with Gasteiger partial charge < -0.3 is 4.90 Å². The van der Waals surface area contributed by atoms with Gasteiger partial charge in [-0.25, -0.2) is 0 Å². The highest BCUT2D eigenvalue weighted by Crippen LogP contribution is 2.58. The summed E-state index contributed by atoms with van der Waals surface area (Å²) >= 11 is 3.79. The van der Waals surface area contributed by atoms with Crippen LogP contribution in [0.15, 0.2) is 188 Å². The molecule has 0 atom stereocenters. The van der Waals surface area contributed by atoms with Gasteiger partial charge in [0.05, 0.1) is 11.1 Å². The summed E-state index contributed by atoms with van der Waals surface area (Å²) in [6, 6.07) is 69.6. The number of thiophene rings is 2. The summed E-state index contributed by atoms with van der Waals surface area (Å²) in [5.74, 6) is 0. The van der Waals surface area contributed by atoms with Crippen molar-refractivity contribution in [2.75, 3.05) is 4.90 Å². The van der Waals surface area contributed by atoms with Crippen molar-refractivity contribution in [3.63, 3.8) is 0 Å². The van der Waals surface area contributed by atoms with Crippen LogP contribution in [-0.2, 0) is 5.41 Å². The molecule has 8 aromatic carbocycles. The SMILES string of the molecule is c1ccc(N(c2ccc3c(c2)sc2c(C4(c5ccccc5)c5ccccc5-c5ccccc54)cccc23)c2cccc3sc4ccccc4c23)cc1. The summed E-state index contributed by atoms with van der Waals surface area (Å²) in [5, 5.41) is 5.20. The van der Waals surface area contributed by atoms with Gasteiger partial charge in [0.2, 0.25) is 0 Å².